The largest absolute Gasteiger partial charge is 0.550 e. The van der Waals surface area contributed by atoms with E-state index in [0.717, 1.165) is 16.7 Å². The van der Waals surface area contributed by atoms with E-state index in [1.165, 1.54) is 11.8 Å². The zero-order valence-corrected chi connectivity index (χ0v) is 9.46. The van der Waals surface area contributed by atoms with Gasteiger partial charge in [0, 0.05) is 11.4 Å². The Kier molecular flexibility index (Phi) is 3.51. The van der Waals surface area contributed by atoms with Gasteiger partial charge in [0.2, 0.25) is 0 Å². The lowest BCUT2D eigenvalue weighted by atomic mass is 10.2. The molecule has 1 heterocycles. The predicted octanol–water partition coefficient (Wildman–Crippen LogP) is 1.81. The van der Waals surface area contributed by atoms with Crippen molar-refractivity contribution in [3.63, 3.8) is 0 Å². The zero-order valence-electron chi connectivity index (χ0n) is 8.64. The minimum Gasteiger partial charge on any atom is -0.550 e. The SMILES string of the molecule is O=C([O-])CCSCc1cc2ccccc2o1. The molecule has 1 aromatic carbocycles. The fourth-order valence-electron chi connectivity index (χ4n) is 1.44. The Bertz CT molecular complexity index is 457. The van der Waals surface area contributed by atoms with Crippen molar-refractivity contribution < 1.29 is 14.3 Å². The molecule has 0 saturated heterocycles. The van der Waals surface area contributed by atoms with Gasteiger partial charge in [0.05, 0.1) is 5.75 Å². The predicted molar refractivity (Wildman–Crippen MR) is 62.0 cm³/mol. The number of carboxylic acid groups (broad SMARTS) is 1. The lowest BCUT2D eigenvalue weighted by molar-refractivity contribution is -0.305. The third-order valence-corrected chi connectivity index (χ3v) is 3.15. The van der Waals surface area contributed by atoms with E-state index in [4.69, 9.17) is 4.42 Å². The van der Waals surface area contributed by atoms with Crippen LogP contribution in [0.25, 0.3) is 11.0 Å². The highest BCUT2D eigenvalue weighted by Gasteiger charge is 2.02. The summed E-state index contributed by atoms with van der Waals surface area (Å²) in [7, 11) is 0. The molecule has 16 heavy (non-hydrogen) atoms. The average molecular weight is 235 g/mol. The minimum atomic E-state index is -1.00. The molecular formula is C12H11O3S-. The van der Waals surface area contributed by atoms with Crippen LogP contribution < -0.4 is 5.11 Å². The van der Waals surface area contributed by atoms with Gasteiger partial charge in [0.15, 0.2) is 0 Å². The molecule has 0 bridgehead atoms. The molecule has 84 valence electrons. The quantitative estimate of drug-likeness (QED) is 0.742. The summed E-state index contributed by atoms with van der Waals surface area (Å²) < 4.78 is 5.59. The van der Waals surface area contributed by atoms with Gasteiger partial charge in [-0.1, -0.05) is 18.2 Å². The van der Waals surface area contributed by atoms with Crippen molar-refractivity contribution in [3.8, 4) is 0 Å². The number of fused-ring (bicyclic) bond motifs is 1. The number of benzene rings is 1. The van der Waals surface area contributed by atoms with Gasteiger partial charge in [-0.15, -0.1) is 0 Å². The highest BCUT2D eigenvalue weighted by atomic mass is 32.2. The lowest BCUT2D eigenvalue weighted by Gasteiger charge is -1.99. The third-order valence-electron chi connectivity index (χ3n) is 2.17. The van der Waals surface area contributed by atoms with Gasteiger partial charge >= 0.3 is 0 Å². The molecule has 3 nitrogen and oxygen atoms in total. The Labute approximate surface area is 97.4 Å². The molecule has 0 amide bonds. The van der Waals surface area contributed by atoms with Gasteiger partial charge in [-0.05, 0) is 24.3 Å². The van der Waals surface area contributed by atoms with Gasteiger partial charge < -0.3 is 14.3 Å². The van der Waals surface area contributed by atoms with Crippen molar-refractivity contribution in [1.82, 2.24) is 0 Å². The minimum absolute atomic E-state index is 0.0882. The van der Waals surface area contributed by atoms with E-state index in [2.05, 4.69) is 0 Å². The van der Waals surface area contributed by atoms with Crippen LogP contribution in [-0.2, 0) is 10.5 Å². The fourth-order valence-corrected chi connectivity index (χ4v) is 2.24. The molecular weight excluding hydrogens is 224 g/mol. The molecule has 0 aliphatic rings. The standard InChI is InChI=1S/C12H12O3S/c13-12(14)5-6-16-8-10-7-9-3-1-2-4-11(9)15-10/h1-4,7H,5-6,8H2,(H,13,14)/p-1. The van der Waals surface area contributed by atoms with E-state index in [1.54, 1.807) is 0 Å². The van der Waals surface area contributed by atoms with E-state index in [9.17, 15) is 9.90 Å². The Morgan fingerprint density at radius 1 is 1.38 bits per heavy atom. The summed E-state index contributed by atoms with van der Waals surface area (Å²) >= 11 is 1.54. The van der Waals surface area contributed by atoms with Gasteiger partial charge in [-0.2, -0.15) is 11.8 Å². The Hall–Kier alpha value is -1.42. The van der Waals surface area contributed by atoms with Crippen LogP contribution in [0.5, 0.6) is 0 Å². The highest BCUT2D eigenvalue weighted by Crippen LogP contribution is 2.22. The number of hydrogen-bond donors (Lipinski definition) is 0. The maximum atomic E-state index is 10.2. The van der Waals surface area contributed by atoms with Crippen molar-refractivity contribution in [2.24, 2.45) is 0 Å². The second kappa shape index (κ2) is 5.07. The van der Waals surface area contributed by atoms with Crippen molar-refractivity contribution in [2.75, 3.05) is 5.75 Å². The maximum absolute atomic E-state index is 10.2. The van der Waals surface area contributed by atoms with Gasteiger partial charge in [0.25, 0.3) is 0 Å². The molecule has 0 aliphatic heterocycles. The number of carbonyl (C=O) groups is 1. The summed E-state index contributed by atoms with van der Waals surface area (Å²) in [5, 5.41) is 11.3. The molecule has 0 radical (unpaired) electrons. The Balaban J connectivity index is 1.92. The van der Waals surface area contributed by atoms with E-state index < -0.39 is 5.97 Å². The van der Waals surface area contributed by atoms with E-state index >= 15 is 0 Å². The summed E-state index contributed by atoms with van der Waals surface area (Å²) in [5.74, 6) is 1.13. The van der Waals surface area contributed by atoms with Gasteiger partial charge in [-0.25, -0.2) is 0 Å². The molecule has 0 N–H and O–H groups in total. The molecule has 0 fully saturated rings. The Morgan fingerprint density at radius 2 is 2.19 bits per heavy atom. The third kappa shape index (κ3) is 2.79. The summed E-state index contributed by atoms with van der Waals surface area (Å²) in [6, 6.07) is 9.80. The number of aliphatic carboxylic acids is 1. The normalized spacial score (nSPS) is 10.8. The van der Waals surface area contributed by atoms with Crippen LogP contribution in [0.3, 0.4) is 0 Å². The van der Waals surface area contributed by atoms with Crippen LogP contribution in [0.4, 0.5) is 0 Å². The molecule has 0 spiro atoms. The number of furan rings is 1. The number of rotatable bonds is 5. The molecule has 1 aromatic heterocycles. The lowest BCUT2D eigenvalue weighted by Crippen LogP contribution is -2.22. The molecule has 0 saturated carbocycles. The first-order chi connectivity index (χ1) is 7.75. The first-order valence-electron chi connectivity index (χ1n) is 5.01. The number of para-hydroxylation sites is 1. The number of carboxylic acids is 1. The van der Waals surface area contributed by atoms with Crippen LogP contribution in [0.2, 0.25) is 0 Å². The second-order valence-corrected chi connectivity index (χ2v) is 4.53. The first-order valence-corrected chi connectivity index (χ1v) is 6.16. The second-order valence-electron chi connectivity index (χ2n) is 3.43. The summed E-state index contributed by atoms with van der Waals surface area (Å²) in [5.41, 5.74) is 0.873. The fraction of sp³-hybridized carbons (Fsp3) is 0.250. The number of thioether (sulfide) groups is 1. The number of carbonyl (C=O) groups excluding carboxylic acids is 1. The van der Waals surface area contributed by atoms with Crippen molar-refractivity contribution >= 4 is 28.7 Å². The summed E-state index contributed by atoms with van der Waals surface area (Å²) in [6.45, 7) is 0. The van der Waals surface area contributed by atoms with Crippen LogP contribution in [0.15, 0.2) is 34.7 Å². The van der Waals surface area contributed by atoms with Crippen molar-refractivity contribution in [1.29, 1.82) is 0 Å². The van der Waals surface area contributed by atoms with E-state index in [-0.39, 0.29) is 6.42 Å². The average Bonchev–Trinajstić information content (AvgIpc) is 2.66. The van der Waals surface area contributed by atoms with Crippen molar-refractivity contribution in [2.45, 2.75) is 12.2 Å². The maximum Gasteiger partial charge on any atom is 0.134 e. The van der Waals surface area contributed by atoms with Crippen LogP contribution in [0, 0.1) is 0 Å². The monoisotopic (exact) mass is 235 g/mol. The van der Waals surface area contributed by atoms with E-state index in [0.29, 0.717) is 11.5 Å². The molecule has 2 aromatic rings. The topological polar surface area (TPSA) is 53.3 Å². The summed E-state index contributed by atoms with van der Waals surface area (Å²) in [6.07, 6.45) is 0.0882. The van der Waals surface area contributed by atoms with Gasteiger partial charge in [0.1, 0.15) is 11.3 Å². The highest BCUT2D eigenvalue weighted by molar-refractivity contribution is 7.98. The molecule has 0 aliphatic carbocycles. The van der Waals surface area contributed by atoms with Crippen molar-refractivity contribution in [3.05, 3.63) is 36.1 Å². The van der Waals surface area contributed by atoms with E-state index in [1.807, 2.05) is 30.3 Å². The summed E-state index contributed by atoms with van der Waals surface area (Å²) in [4.78, 5) is 10.2. The van der Waals surface area contributed by atoms with Crippen LogP contribution in [0.1, 0.15) is 12.2 Å². The molecule has 4 heteroatoms. The van der Waals surface area contributed by atoms with Gasteiger partial charge in [-0.3, -0.25) is 0 Å². The van der Waals surface area contributed by atoms with Crippen LogP contribution in [-0.4, -0.2) is 11.7 Å². The molecule has 0 unspecified atom stereocenters. The first kappa shape index (κ1) is 11.1. The Morgan fingerprint density at radius 3 is 2.94 bits per heavy atom. The number of hydrogen-bond acceptors (Lipinski definition) is 4. The smallest absolute Gasteiger partial charge is 0.134 e. The van der Waals surface area contributed by atoms with Crippen LogP contribution >= 0.6 is 11.8 Å². The molecule has 0 atom stereocenters. The zero-order chi connectivity index (χ0) is 11.4. The molecule has 2 rings (SSSR count).